The van der Waals surface area contributed by atoms with E-state index in [4.69, 9.17) is 4.52 Å². The Balaban J connectivity index is 1.79. The average Bonchev–Trinajstić information content (AvgIpc) is 2.84. The van der Waals surface area contributed by atoms with Crippen molar-refractivity contribution in [1.82, 2.24) is 5.16 Å². The minimum Gasteiger partial charge on any atom is -0.356 e. The Labute approximate surface area is 142 Å². The van der Waals surface area contributed by atoms with Gasteiger partial charge in [0.05, 0.1) is 6.42 Å². The molecule has 3 aromatic rings. The van der Waals surface area contributed by atoms with Gasteiger partial charge in [0.2, 0.25) is 5.91 Å². The van der Waals surface area contributed by atoms with E-state index in [1.165, 1.54) is 0 Å². The van der Waals surface area contributed by atoms with Gasteiger partial charge in [0.1, 0.15) is 5.69 Å². The third-order valence-electron chi connectivity index (χ3n) is 3.49. The third kappa shape index (κ3) is 3.14. The first-order valence-electron chi connectivity index (χ1n) is 6.94. The number of nitrogens with zero attached hydrogens (tertiary/aromatic N) is 1. The van der Waals surface area contributed by atoms with Crippen LogP contribution in [0.5, 0.6) is 0 Å². The standard InChI is InChI=1S/C17H15IN2O2/c1-10-3-6-16-13(7-10)15(20-22-16)9-17(21)19-14-5-4-12(18)8-11(14)2/h3-8H,9H2,1-2H3,(H,19,21). The monoisotopic (exact) mass is 406 g/mol. The Kier molecular flexibility index (Phi) is 4.15. The molecule has 0 aliphatic rings. The van der Waals surface area contributed by atoms with Gasteiger partial charge in [0.15, 0.2) is 5.58 Å². The number of amides is 1. The summed E-state index contributed by atoms with van der Waals surface area (Å²) in [4.78, 5) is 12.3. The van der Waals surface area contributed by atoms with Gasteiger partial charge in [0.25, 0.3) is 0 Å². The molecule has 0 fully saturated rings. The zero-order valence-corrected chi connectivity index (χ0v) is 14.5. The lowest BCUT2D eigenvalue weighted by molar-refractivity contribution is -0.115. The van der Waals surface area contributed by atoms with E-state index in [0.29, 0.717) is 11.3 Å². The zero-order valence-electron chi connectivity index (χ0n) is 12.3. The number of hydrogen-bond acceptors (Lipinski definition) is 3. The number of halogens is 1. The topological polar surface area (TPSA) is 55.1 Å². The summed E-state index contributed by atoms with van der Waals surface area (Å²) in [5.41, 5.74) is 4.36. The highest BCUT2D eigenvalue weighted by Gasteiger charge is 2.13. The number of aryl methyl sites for hydroxylation is 2. The fraction of sp³-hybridized carbons (Fsp3) is 0.176. The van der Waals surface area contributed by atoms with Crippen LogP contribution >= 0.6 is 22.6 Å². The van der Waals surface area contributed by atoms with E-state index in [0.717, 1.165) is 25.8 Å². The van der Waals surface area contributed by atoms with Crippen molar-refractivity contribution < 1.29 is 9.32 Å². The van der Waals surface area contributed by atoms with Gasteiger partial charge in [0, 0.05) is 14.6 Å². The van der Waals surface area contributed by atoms with Crippen molar-refractivity contribution in [3.63, 3.8) is 0 Å². The third-order valence-corrected chi connectivity index (χ3v) is 4.16. The van der Waals surface area contributed by atoms with Gasteiger partial charge in [-0.25, -0.2) is 0 Å². The predicted molar refractivity (Wildman–Crippen MR) is 95.0 cm³/mol. The van der Waals surface area contributed by atoms with Crippen LogP contribution < -0.4 is 5.32 Å². The van der Waals surface area contributed by atoms with Crippen molar-refractivity contribution in [2.24, 2.45) is 0 Å². The zero-order chi connectivity index (χ0) is 15.7. The molecule has 0 radical (unpaired) electrons. The Morgan fingerprint density at radius 3 is 2.82 bits per heavy atom. The van der Waals surface area contributed by atoms with E-state index >= 15 is 0 Å². The molecule has 0 saturated heterocycles. The normalized spacial score (nSPS) is 10.9. The van der Waals surface area contributed by atoms with Gasteiger partial charge < -0.3 is 9.84 Å². The number of rotatable bonds is 3. The Bertz CT molecular complexity index is 855. The van der Waals surface area contributed by atoms with E-state index in [9.17, 15) is 4.79 Å². The molecule has 0 spiro atoms. The number of anilines is 1. The van der Waals surface area contributed by atoms with Crippen molar-refractivity contribution in [1.29, 1.82) is 0 Å². The fourth-order valence-electron chi connectivity index (χ4n) is 2.34. The molecular formula is C17H15IN2O2. The maximum absolute atomic E-state index is 12.3. The largest absolute Gasteiger partial charge is 0.356 e. The van der Waals surface area contributed by atoms with Crippen LogP contribution in [0.3, 0.4) is 0 Å². The van der Waals surface area contributed by atoms with Crippen molar-refractivity contribution in [2.75, 3.05) is 5.32 Å². The lowest BCUT2D eigenvalue weighted by atomic mass is 10.1. The van der Waals surface area contributed by atoms with Gasteiger partial charge in [-0.2, -0.15) is 0 Å². The van der Waals surface area contributed by atoms with Crippen molar-refractivity contribution in [2.45, 2.75) is 20.3 Å². The molecule has 1 amide bonds. The molecule has 22 heavy (non-hydrogen) atoms. The smallest absolute Gasteiger partial charge is 0.230 e. The molecule has 0 bridgehead atoms. The lowest BCUT2D eigenvalue weighted by Crippen LogP contribution is -2.15. The fourth-order valence-corrected chi connectivity index (χ4v) is 2.99. The molecule has 0 unspecified atom stereocenters. The van der Waals surface area contributed by atoms with E-state index in [1.807, 2.05) is 50.2 Å². The van der Waals surface area contributed by atoms with Gasteiger partial charge >= 0.3 is 0 Å². The number of benzene rings is 2. The first kappa shape index (κ1) is 15.0. The Morgan fingerprint density at radius 2 is 2.05 bits per heavy atom. The quantitative estimate of drug-likeness (QED) is 0.663. The van der Waals surface area contributed by atoms with E-state index in [-0.39, 0.29) is 12.3 Å². The molecular weight excluding hydrogens is 391 g/mol. The van der Waals surface area contributed by atoms with Gasteiger partial charge in [-0.05, 0) is 72.3 Å². The van der Waals surface area contributed by atoms with Crippen LogP contribution in [0.25, 0.3) is 11.0 Å². The van der Waals surface area contributed by atoms with Gasteiger partial charge in [-0.15, -0.1) is 0 Å². The van der Waals surface area contributed by atoms with Gasteiger partial charge in [-0.1, -0.05) is 16.8 Å². The summed E-state index contributed by atoms with van der Waals surface area (Å²) in [6.07, 6.45) is 0.196. The summed E-state index contributed by atoms with van der Waals surface area (Å²) in [6, 6.07) is 11.8. The van der Waals surface area contributed by atoms with E-state index < -0.39 is 0 Å². The van der Waals surface area contributed by atoms with E-state index in [1.54, 1.807) is 0 Å². The van der Waals surface area contributed by atoms with Crippen LogP contribution in [0.1, 0.15) is 16.8 Å². The van der Waals surface area contributed by atoms with E-state index in [2.05, 4.69) is 33.1 Å². The predicted octanol–water partition coefficient (Wildman–Crippen LogP) is 4.23. The van der Waals surface area contributed by atoms with Crippen LogP contribution in [-0.2, 0) is 11.2 Å². The maximum Gasteiger partial charge on any atom is 0.230 e. The van der Waals surface area contributed by atoms with Crippen LogP contribution in [0.15, 0.2) is 40.9 Å². The number of hydrogen-bond donors (Lipinski definition) is 1. The summed E-state index contributed by atoms with van der Waals surface area (Å²) in [6.45, 7) is 3.98. The molecule has 0 aliphatic heterocycles. The summed E-state index contributed by atoms with van der Waals surface area (Å²) in [5, 5.41) is 7.85. The van der Waals surface area contributed by atoms with Crippen molar-refractivity contribution >= 4 is 45.2 Å². The summed E-state index contributed by atoms with van der Waals surface area (Å²) >= 11 is 2.25. The SMILES string of the molecule is Cc1ccc2onc(CC(=O)Nc3ccc(I)cc3C)c2c1. The Morgan fingerprint density at radius 1 is 1.23 bits per heavy atom. The van der Waals surface area contributed by atoms with Crippen LogP contribution in [0, 0.1) is 17.4 Å². The van der Waals surface area contributed by atoms with Crippen LogP contribution in [0.4, 0.5) is 5.69 Å². The highest BCUT2D eigenvalue weighted by Crippen LogP contribution is 2.21. The molecule has 0 aliphatic carbocycles. The molecule has 5 heteroatoms. The summed E-state index contributed by atoms with van der Waals surface area (Å²) < 4.78 is 6.41. The summed E-state index contributed by atoms with van der Waals surface area (Å²) in [7, 11) is 0. The van der Waals surface area contributed by atoms with Crippen molar-refractivity contribution in [3.8, 4) is 0 Å². The molecule has 1 aromatic heterocycles. The number of aromatic nitrogens is 1. The highest BCUT2D eigenvalue weighted by atomic mass is 127. The minimum atomic E-state index is -0.0963. The second-order valence-electron chi connectivity index (χ2n) is 5.31. The first-order valence-corrected chi connectivity index (χ1v) is 8.02. The molecule has 2 aromatic carbocycles. The number of carbonyl (C=O) groups excluding carboxylic acids is 1. The molecule has 1 N–H and O–H groups in total. The molecule has 1 heterocycles. The van der Waals surface area contributed by atoms with Gasteiger partial charge in [-0.3, -0.25) is 4.79 Å². The summed E-state index contributed by atoms with van der Waals surface area (Å²) in [5.74, 6) is -0.0963. The highest BCUT2D eigenvalue weighted by molar-refractivity contribution is 14.1. The molecule has 4 nitrogen and oxygen atoms in total. The second kappa shape index (κ2) is 6.08. The molecule has 112 valence electrons. The molecule has 3 rings (SSSR count). The van der Waals surface area contributed by atoms with Crippen molar-refractivity contribution in [3.05, 3.63) is 56.8 Å². The molecule has 0 atom stereocenters. The maximum atomic E-state index is 12.3. The van der Waals surface area contributed by atoms with Crippen LogP contribution in [0.2, 0.25) is 0 Å². The average molecular weight is 406 g/mol. The number of nitrogens with one attached hydrogen (secondary N) is 1. The lowest BCUT2D eigenvalue weighted by Gasteiger charge is -2.08. The Hall–Kier alpha value is -1.89. The number of fused-ring (bicyclic) bond motifs is 1. The number of carbonyl (C=O) groups is 1. The molecule has 0 saturated carbocycles. The second-order valence-corrected chi connectivity index (χ2v) is 6.56. The first-order chi connectivity index (χ1) is 10.5. The minimum absolute atomic E-state index is 0.0963. The van der Waals surface area contributed by atoms with Crippen LogP contribution in [-0.4, -0.2) is 11.1 Å².